The van der Waals surface area contributed by atoms with Crippen LogP contribution in [0, 0.1) is 5.92 Å². The second kappa shape index (κ2) is 8.40. The number of aromatic nitrogens is 2. The van der Waals surface area contributed by atoms with Gasteiger partial charge in [0.1, 0.15) is 0 Å². The summed E-state index contributed by atoms with van der Waals surface area (Å²) >= 11 is 6.02. The maximum Gasteiger partial charge on any atom is 0.417 e. The van der Waals surface area contributed by atoms with Crippen molar-refractivity contribution >= 4 is 29.3 Å². The number of piperidine rings is 1. The van der Waals surface area contributed by atoms with Crippen LogP contribution in [0.15, 0.2) is 18.2 Å². The molecule has 0 bridgehead atoms. The van der Waals surface area contributed by atoms with E-state index in [2.05, 4.69) is 5.10 Å². The summed E-state index contributed by atoms with van der Waals surface area (Å²) in [5, 5.41) is 23.5. The van der Waals surface area contributed by atoms with Gasteiger partial charge in [0.2, 0.25) is 0 Å². The molecule has 2 unspecified atom stereocenters. The molecule has 7 nitrogen and oxygen atoms in total. The van der Waals surface area contributed by atoms with Gasteiger partial charge >= 0.3 is 12.1 Å². The first-order valence-electron chi connectivity index (χ1n) is 10.3. The Hall–Kier alpha value is -2.59. The van der Waals surface area contributed by atoms with Crippen LogP contribution in [0.2, 0.25) is 5.02 Å². The Morgan fingerprint density at radius 1 is 1.19 bits per heavy atom. The minimum Gasteiger partial charge on any atom is -0.481 e. The zero-order valence-electron chi connectivity index (χ0n) is 16.9. The van der Waals surface area contributed by atoms with Gasteiger partial charge in [0, 0.05) is 18.7 Å². The van der Waals surface area contributed by atoms with Crippen LogP contribution in [0.1, 0.15) is 46.4 Å². The van der Waals surface area contributed by atoms with Crippen molar-refractivity contribution in [2.24, 2.45) is 5.92 Å². The zero-order chi connectivity index (χ0) is 23.2. The smallest absolute Gasteiger partial charge is 0.417 e. The first kappa shape index (κ1) is 22.6. The third-order valence-corrected chi connectivity index (χ3v) is 6.40. The Kier molecular flexibility index (Phi) is 5.93. The highest BCUT2D eigenvalue weighted by Gasteiger charge is 2.39. The van der Waals surface area contributed by atoms with E-state index >= 15 is 0 Å². The number of fused-ring (bicyclic) bond motifs is 1. The fourth-order valence-electron chi connectivity index (χ4n) is 4.50. The number of benzene rings is 1. The van der Waals surface area contributed by atoms with Crippen LogP contribution < -0.4 is 4.90 Å². The maximum absolute atomic E-state index is 13.6. The lowest BCUT2D eigenvalue weighted by molar-refractivity contribution is -0.146. The van der Waals surface area contributed by atoms with Crippen LogP contribution >= 0.6 is 11.6 Å². The van der Waals surface area contributed by atoms with E-state index in [1.807, 2.05) is 0 Å². The van der Waals surface area contributed by atoms with Crippen molar-refractivity contribution in [2.75, 3.05) is 18.0 Å². The van der Waals surface area contributed by atoms with Crippen molar-refractivity contribution in [3.63, 3.8) is 0 Å². The highest BCUT2D eigenvalue weighted by molar-refractivity contribution is 6.34. The van der Waals surface area contributed by atoms with Gasteiger partial charge in [-0.1, -0.05) is 17.7 Å². The molecule has 2 aliphatic rings. The zero-order valence-corrected chi connectivity index (χ0v) is 17.7. The van der Waals surface area contributed by atoms with E-state index in [1.165, 1.54) is 6.07 Å². The van der Waals surface area contributed by atoms with E-state index in [0.717, 1.165) is 35.2 Å². The molecule has 0 spiro atoms. The number of carbonyl (C=O) groups excluding carboxylic acids is 1. The molecule has 2 aromatic rings. The molecule has 1 fully saturated rings. The molecule has 1 aromatic carbocycles. The summed E-state index contributed by atoms with van der Waals surface area (Å²) < 4.78 is 41.7. The van der Waals surface area contributed by atoms with Gasteiger partial charge in [0.15, 0.2) is 5.82 Å². The van der Waals surface area contributed by atoms with E-state index in [1.54, 1.807) is 4.90 Å². The Labute approximate surface area is 186 Å². The summed E-state index contributed by atoms with van der Waals surface area (Å²) in [4.78, 5) is 26.3. The number of alkyl halides is 3. The Balaban J connectivity index is 1.76. The Morgan fingerprint density at radius 3 is 2.56 bits per heavy atom. The van der Waals surface area contributed by atoms with Crippen LogP contribution in [0.25, 0.3) is 0 Å². The average molecular weight is 472 g/mol. The van der Waals surface area contributed by atoms with Crippen LogP contribution in [-0.2, 0) is 23.8 Å². The maximum atomic E-state index is 13.6. The average Bonchev–Trinajstić information content (AvgIpc) is 3.12. The third kappa shape index (κ3) is 3.97. The number of halogens is 4. The lowest BCUT2D eigenvalue weighted by Crippen LogP contribution is -2.47. The summed E-state index contributed by atoms with van der Waals surface area (Å²) in [5.41, 5.74) is -0.520. The van der Waals surface area contributed by atoms with Crippen molar-refractivity contribution in [1.82, 2.24) is 9.78 Å². The van der Waals surface area contributed by atoms with Crippen molar-refractivity contribution in [1.29, 1.82) is 0 Å². The van der Waals surface area contributed by atoms with Gasteiger partial charge in [-0.05, 0) is 44.2 Å². The molecule has 1 aliphatic carbocycles. The predicted octanol–water partition coefficient (Wildman–Crippen LogP) is 3.39. The molecule has 1 aromatic heterocycles. The molecule has 4 rings (SSSR count). The number of β-amino-alcohol motifs (C(OH)–C–C–N with tert-alkyl or cyclic N) is 1. The van der Waals surface area contributed by atoms with Crippen LogP contribution in [0.3, 0.4) is 0 Å². The molecule has 0 amide bonds. The third-order valence-electron chi connectivity index (χ3n) is 6.08. The van der Waals surface area contributed by atoms with E-state index in [0.29, 0.717) is 30.9 Å². The first-order chi connectivity index (χ1) is 15.1. The largest absolute Gasteiger partial charge is 0.481 e. The van der Waals surface area contributed by atoms with Crippen LogP contribution in [-0.4, -0.2) is 51.1 Å². The second-order valence-corrected chi connectivity index (χ2v) is 8.49. The SMILES string of the molecule is O=C(O)C1CCN(c2nn(C(=O)c3c(Cl)cccc3C(F)(F)F)c3c2CCCC3)CC1O. The minimum atomic E-state index is -4.77. The fourth-order valence-corrected chi connectivity index (χ4v) is 4.75. The number of hydrogen-bond acceptors (Lipinski definition) is 5. The number of carboxylic acids is 1. The van der Waals surface area contributed by atoms with Crippen molar-refractivity contribution in [2.45, 2.75) is 44.4 Å². The first-order valence-corrected chi connectivity index (χ1v) is 10.6. The van der Waals surface area contributed by atoms with E-state index in [9.17, 15) is 33.0 Å². The highest BCUT2D eigenvalue weighted by Crippen LogP contribution is 2.37. The molecule has 1 saturated heterocycles. The summed E-state index contributed by atoms with van der Waals surface area (Å²) in [6.07, 6.45) is -3.07. The molecule has 2 heterocycles. The van der Waals surface area contributed by atoms with Crippen molar-refractivity contribution < 1.29 is 33.0 Å². The van der Waals surface area contributed by atoms with Gasteiger partial charge in [-0.15, -0.1) is 5.10 Å². The van der Waals surface area contributed by atoms with Gasteiger partial charge in [0.05, 0.1) is 33.9 Å². The van der Waals surface area contributed by atoms with Gasteiger partial charge in [-0.25, -0.2) is 0 Å². The number of carbonyl (C=O) groups is 2. The van der Waals surface area contributed by atoms with Crippen LogP contribution in [0.4, 0.5) is 19.0 Å². The van der Waals surface area contributed by atoms with E-state index in [-0.39, 0.29) is 18.0 Å². The summed E-state index contributed by atoms with van der Waals surface area (Å²) in [6, 6.07) is 3.18. The molecule has 2 atom stereocenters. The number of aliphatic hydroxyl groups excluding tert-OH is 1. The molecule has 0 radical (unpaired) electrons. The number of anilines is 1. The molecule has 32 heavy (non-hydrogen) atoms. The minimum absolute atomic E-state index is 0.00844. The summed E-state index contributed by atoms with van der Waals surface area (Å²) in [6.45, 7) is 0.306. The van der Waals surface area contributed by atoms with Gasteiger partial charge in [0.25, 0.3) is 5.91 Å². The summed E-state index contributed by atoms with van der Waals surface area (Å²) in [5.74, 6) is -2.55. The number of carboxylic acid groups (broad SMARTS) is 1. The summed E-state index contributed by atoms with van der Waals surface area (Å²) in [7, 11) is 0. The molecule has 0 saturated carbocycles. The van der Waals surface area contributed by atoms with Gasteiger partial charge in [-0.3, -0.25) is 9.59 Å². The number of aliphatic carboxylic acids is 1. The number of aliphatic hydroxyl groups is 1. The molecule has 172 valence electrons. The quantitative estimate of drug-likeness (QED) is 0.712. The van der Waals surface area contributed by atoms with E-state index < -0.39 is 41.2 Å². The number of rotatable bonds is 3. The molecule has 11 heteroatoms. The molecule has 1 aliphatic heterocycles. The fraction of sp³-hybridized carbons (Fsp3) is 0.476. The Bertz CT molecular complexity index is 1070. The second-order valence-electron chi connectivity index (χ2n) is 8.08. The van der Waals surface area contributed by atoms with E-state index in [4.69, 9.17) is 11.6 Å². The van der Waals surface area contributed by atoms with Gasteiger partial charge in [-0.2, -0.15) is 17.9 Å². The number of nitrogens with zero attached hydrogens (tertiary/aromatic N) is 3. The molecular formula is C21H21ClF3N3O4. The van der Waals surface area contributed by atoms with Crippen molar-refractivity contribution in [3.8, 4) is 0 Å². The standard InChI is InChI=1S/C21H21ClF3N3O4/c22-14-6-3-5-13(21(23,24)25)17(14)19(30)28-15-7-2-1-4-11(15)18(26-28)27-9-8-12(20(31)32)16(29)10-27/h3,5-6,12,16,29H,1-2,4,7-10H2,(H,31,32). The molecular weight excluding hydrogens is 451 g/mol. The lowest BCUT2D eigenvalue weighted by atomic mass is 9.92. The normalized spacial score (nSPS) is 21.3. The highest BCUT2D eigenvalue weighted by atomic mass is 35.5. The van der Waals surface area contributed by atoms with Gasteiger partial charge < -0.3 is 15.1 Å². The topological polar surface area (TPSA) is 95.7 Å². The monoisotopic (exact) mass is 471 g/mol. The number of hydrogen-bond donors (Lipinski definition) is 2. The van der Waals surface area contributed by atoms with Crippen LogP contribution in [0.5, 0.6) is 0 Å². The molecule has 2 N–H and O–H groups in total. The Morgan fingerprint density at radius 2 is 1.91 bits per heavy atom. The lowest BCUT2D eigenvalue weighted by Gasteiger charge is -2.34. The van der Waals surface area contributed by atoms with Crippen molar-refractivity contribution in [3.05, 3.63) is 45.6 Å². The predicted molar refractivity (Wildman–Crippen MR) is 109 cm³/mol.